The molecule has 7 nitrogen and oxygen atoms in total. The summed E-state index contributed by atoms with van der Waals surface area (Å²) in [5.74, 6) is 0.511. The Kier molecular flexibility index (Phi) is 9.57. The first-order valence-corrected chi connectivity index (χ1v) is 10.2. The predicted octanol–water partition coefficient (Wildman–Crippen LogP) is 3.89. The molecule has 0 spiro atoms. The lowest BCUT2D eigenvalue weighted by atomic mass is 9.90. The van der Waals surface area contributed by atoms with Gasteiger partial charge in [-0.2, -0.15) is 0 Å². The Balaban J connectivity index is 0.00000341. The Labute approximate surface area is 204 Å². The van der Waals surface area contributed by atoms with Crippen LogP contribution in [-0.2, 0) is 9.59 Å². The summed E-state index contributed by atoms with van der Waals surface area (Å²) in [5, 5.41) is 12.6. The van der Waals surface area contributed by atoms with Crippen LogP contribution >= 0.6 is 35.6 Å². The molecule has 0 radical (unpaired) electrons. The second-order valence-electron chi connectivity index (χ2n) is 7.20. The second-order valence-corrected chi connectivity index (χ2v) is 7.61. The second kappa shape index (κ2) is 11.9. The quantitative estimate of drug-likeness (QED) is 0.247. The van der Waals surface area contributed by atoms with Gasteiger partial charge < -0.3 is 21.3 Å². The maximum atomic E-state index is 12.2. The summed E-state index contributed by atoms with van der Waals surface area (Å²) in [4.78, 5) is 28.3. The maximum absolute atomic E-state index is 12.2. The van der Waals surface area contributed by atoms with Crippen LogP contribution in [0, 0.1) is 6.92 Å². The van der Waals surface area contributed by atoms with Gasteiger partial charge in [-0.15, -0.1) is 24.0 Å². The zero-order valence-electron chi connectivity index (χ0n) is 17.5. The number of hydrogen-bond acceptors (Lipinski definition) is 3. The highest BCUT2D eigenvalue weighted by atomic mass is 127. The molecule has 0 bridgehead atoms. The number of aryl methyl sites for hydroxylation is 1. The average molecular weight is 556 g/mol. The fourth-order valence-corrected chi connectivity index (χ4v) is 3.64. The van der Waals surface area contributed by atoms with Crippen molar-refractivity contribution in [3.8, 4) is 0 Å². The number of nitrogens with one attached hydrogen (secondary N) is 4. The molecule has 2 aromatic rings. The molecule has 0 saturated carbocycles. The molecule has 1 aliphatic rings. The van der Waals surface area contributed by atoms with E-state index in [0.29, 0.717) is 36.2 Å². The molecule has 1 atom stereocenters. The number of benzene rings is 2. The fraction of sp³-hybridized carbons (Fsp3) is 0.318. The van der Waals surface area contributed by atoms with Gasteiger partial charge in [0.25, 0.3) is 0 Å². The Bertz CT molecular complexity index is 967. The molecule has 0 saturated heterocycles. The summed E-state index contributed by atoms with van der Waals surface area (Å²) in [6.45, 7) is 2.92. The van der Waals surface area contributed by atoms with E-state index in [4.69, 9.17) is 11.6 Å². The van der Waals surface area contributed by atoms with E-state index < -0.39 is 0 Å². The summed E-state index contributed by atoms with van der Waals surface area (Å²) in [7, 11) is 1.67. The van der Waals surface area contributed by atoms with E-state index in [0.717, 1.165) is 16.8 Å². The summed E-state index contributed by atoms with van der Waals surface area (Å²) in [5.41, 5.74) is 3.60. The van der Waals surface area contributed by atoms with E-state index in [1.165, 1.54) is 0 Å². The number of amides is 2. The van der Waals surface area contributed by atoms with Gasteiger partial charge in [-0.1, -0.05) is 35.9 Å². The number of aliphatic imine (C=N–C) groups is 1. The van der Waals surface area contributed by atoms with Crippen molar-refractivity contribution in [3.63, 3.8) is 0 Å². The third-order valence-corrected chi connectivity index (χ3v) is 5.20. The number of carbonyl (C=O) groups is 2. The number of rotatable bonds is 6. The molecule has 0 aliphatic carbocycles. The lowest BCUT2D eigenvalue weighted by Crippen LogP contribution is -2.41. The average Bonchev–Trinajstić information content (AvgIpc) is 2.72. The van der Waals surface area contributed by atoms with Gasteiger partial charge >= 0.3 is 0 Å². The lowest BCUT2D eigenvalue weighted by Gasteiger charge is -2.26. The highest BCUT2D eigenvalue weighted by Crippen LogP contribution is 2.31. The van der Waals surface area contributed by atoms with Gasteiger partial charge in [-0.05, 0) is 36.2 Å². The van der Waals surface area contributed by atoms with Crippen LogP contribution in [0.2, 0.25) is 5.02 Å². The molecule has 3 rings (SSSR count). The molecule has 2 amide bonds. The van der Waals surface area contributed by atoms with Gasteiger partial charge in [0.2, 0.25) is 11.8 Å². The molecule has 9 heteroatoms. The normalized spacial score (nSPS) is 15.3. The van der Waals surface area contributed by atoms with Crippen LogP contribution in [0.25, 0.3) is 0 Å². The number of halogens is 2. The Hall–Kier alpha value is -2.33. The third-order valence-electron chi connectivity index (χ3n) is 4.89. The van der Waals surface area contributed by atoms with Crippen LogP contribution in [-0.4, -0.2) is 37.9 Å². The van der Waals surface area contributed by atoms with E-state index in [2.05, 4.69) is 26.3 Å². The monoisotopic (exact) mass is 555 g/mol. The SMILES string of the molecule is CN=C(NCCC(=O)Nc1ccc(C)cc1Cl)NCC1CC(=O)Nc2ccccc21.I. The minimum Gasteiger partial charge on any atom is -0.356 e. The van der Waals surface area contributed by atoms with E-state index in [9.17, 15) is 9.59 Å². The molecule has 2 aromatic carbocycles. The van der Waals surface area contributed by atoms with Crippen molar-refractivity contribution in [2.45, 2.75) is 25.7 Å². The minimum absolute atomic E-state index is 0. The molecule has 4 N–H and O–H groups in total. The molecule has 0 aromatic heterocycles. The number of hydrogen-bond donors (Lipinski definition) is 4. The zero-order chi connectivity index (χ0) is 21.5. The fourth-order valence-electron chi connectivity index (χ4n) is 3.35. The van der Waals surface area contributed by atoms with Crippen LogP contribution in [0.15, 0.2) is 47.5 Å². The number of fused-ring (bicyclic) bond motifs is 1. The van der Waals surface area contributed by atoms with E-state index in [1.807, 2.05) is 43.3 Å². The maximum Gasteiger partial charge on any atom is 0.226 e. The molecule has 166 valence electrons. The van der Waals surface area contributed by atoms with Gasteiger partial charge in [-0.3, -0.25) is 14.6 Å². The van der Waals surface area contributed by atoms with Gasteiger partial charge in [0, 0.05) is 44.6 Å². The smallest absolute Gasteiger partial charge is 0.226 e. The molecule has 0 fully saturated rings. The number of anilines is 2. The van der Waals surface area contributed by atoms with Gasteiger partial charge in [-0.25, -0.2) is 0 Å². The number of nitrogens with zero attached hydrogens (tertiary/aromatic N) is 1. The van der Waals surface area contributed by atoms with Gasteiger partial charge in [0.05, 0.1) is 10.7 Å². The molecule has 1 heterocycles. The first-order chi connectivity index (χ1) is 14.5. The number of guanidine groups is 1. The van der Waals surface area contributed by atoms with Crippen LogP contribution in [0.3, 0.4) is 0 Å². The van der Waals surface area contributed by atoms with Crippen molar-refractivity contribution in [1.82, 2.24) is 10.6 Å². The van der Waals surface area contributed by atoms with E-state index in [1.54, 1.807) is 13.1 Å². The predicted molar refractivity (Wildman–Crippen MR) is 137 cm³/mol. The topological polar surface area (TPSA) is 94.6 Å². The zero-order valence-corrected chi connectivity index (χ0v) is 20.6. The Morgan fingerprint density at radius 3 is 2.74 bits per heavy atom. The Morgan fingerprint density at radius 2 is 2.00 bits per heavy atom. The third kappa shape index (κ3) is 7.10. The largest absolute Gasteiger partial charge is 0.356 e. The minimum atomic E-state index is -0.137. The van der Waals surface area contributed by atoms with Crippen LogP contribution < -0.4 is 21.3 Å². The molecule has 1 aliphatic heterocycles. The first kappa shape index (κ1) is 24.9. The molecular formula is C22H27ClIN5O2. The highest BCUT2D eigenvalue weighted by molar-refractivity contribution is 14.0. The number of para-hydroxylation sites is 1. The Morgan fingerprint density at radius 1 is 1.23 bits per heavy atom. The molecule has 1 unspecified atom stereocenters. The van der Waals surface area contributed by atoms with Crippen molar-refractivity contribution in [2.75, 3.05) is 30.8 Å². The van der Waals surface area contributed by atoms with E-state index >= 15 is 0 Å². The summed E-state index contributed by atoms with van der Waals surface area (Å²) >= 11 is 6.15. The summed E-state index contributed by atoms with van der Waals surface area (Å²) in [6, 6.07) is 13.3. The van der Waals surface area contributed by atoms with Crippen molar-refractivity contribution in [2.24, 2.45) is 4.99 Å². The molecular weight excluding hydrogens is 529 g/mol. The lowest BCUT2D eigenvalue weighted by molar-refractivity contribution is -0.117. The van der Waals surface area contributed by atoms with Gasteiger partial charge in [0.15, 0.2) is 5.96 Å². The van der Waals surface area contributed by atoms with Crippen molar-refractivity contribution in [3.05, 3.63) is 58.6 Å². The highest BCUT2D eigenvalue weighted by Gasteiger charge is 2.24. The van der Waals surface area contributed by atoms with E-state index in [-0.39, 0.29) is 48.1 Å². The van der Waals surface area contributed by atoms with Crippen molar-refractivity contribution in [1.29, 1.82) is 0 Å². The van der Waals surface area contributed by atoms with Crippen molar-refractivity contribution >= 4 is 64.7 Å². The van der Waals surface area contributed by atoms with Gasteiger partial charge in [0.1, 0.15) is 0 Å². The molecule has 31 heavy (non-hydrogen) atoms. The first-order valence-electron chi connectivity index (χ1n) is 9.85. The van der Waals surface area contributed by atoms with Crippen LogP contribution in [0.1, 0.15) is 29.9 Å². The summed E-state index contributed by atoms with van der Waals surface area (Å²) < 4.78 is 0. The standard InChI is InChI=1S/C22H26ClN5O2.HI/c1-14-7-8-19(17(23)11-14)28-20(29)9-10-25-22(24-2)26-13-15-12-21(30)27-18-6-4-3-5-16(15)18;/h3-8,11,15H,9-10,12-13H2,1-2H3,(H,27,30)(H,28,29)(H2,24,25,26);1H. The van der Waals surface area contributed by atoms with Crippen LogP contribution in [0.5, 0.6) is 0 Å². The summed E-state index contributed by atoms with van der Waals surface area (Å²) in [6.07, 6.45) is 0.681. The van der Waals surface area contributed by atoms with Crippen molar-refractivity contribution < 1.29 is 9.59 Å². The van der Waals surface area contributed by atoms with Crippen LogP contribution in [0.4, 0.5) is 11.4 Å². The number of carbonyl (C=O) groups excluding carboxylic acids is 2.